The highest BCUT2D eigenvalue weighted by molar-refractivity contribution is 7.14. The Bertz CT molecular complexity index is 1140. The predicted molar refractivity (Wildman–Crippen MR) is 115 cm³/mol. The summed E-state index contributed by atoms with van der Waals surface area (Å²) in [5, 5.41) is 13.3. The van der Waals surface area contributed by atoms with Crippen LogP contribution in [0, 0.1) is 17.0 Å². The monoisotopic (exact) mass is 441 g/mol. The highest BCUT2D eigenvalue weighted by Crippen LogP contribution is 2.35. The van der Waals surface area contributed by atoms with Gasteiger partial charge in [-0.25, -0.2) is 9.78 Å². The van der Waals surface area contributed by atoms with Crippen LogP contribution in [0.15, 0.2) is 47.8 Å². The second-order valence-corrected chi connectivity index (χ2v) is 7.29. The number of nitrogens with zero attached hydrogens (tertiary/aromatic N) is 3. The molecular formula is C21H19N3O6S. The fourth-order valence-corrected chi connectivity index (χ4v) is 3.83. The largest absolute Gasteiger partial charge is 0.495 e. The van der Waals surface area contributed by atoms with Crippen molar-refractivity contribution in [3.63, 3.8) is 0 Å². The first-order valence-electron chi connectivity index (χ1n) is 9.12. The molecule has 0 fully saturated rings. The van der Waals surface area contributed by atoms with Crippen molar-refractivity contribution < 1.29 is 24.0 Å². The Balaban J connectivity index is 1.80. The maximum absolute atomic E-state index is 12.4. The standard InChI is InChI=1S/C21H19N3O6S/c1-13-7-6-8-16(19(13)24(27)28)20(26)30-11-15-12-31-21(22-15)23(14(2)25)17-9-4-5-10-18(17)29-3/h4-10,12H,11H2,1-3H3. The molecule has 1 heterocycles. The lowest BCUT2D eigenvalue weighted by Gasteiger charge is -2.20. The molecular weight excluding hydrogens is 422 g/mol. The molecule has 0 saturated carbocycles. The number of aryl methyl sites for hydroxylation is 1. The van der Waals surface area contributed by atoms with Crippen molar-refractivity contribution in [2.75, 3.05) is 12.0 Å². The molecule has 0 atom stereocenters. The molecule has 0 radical (unpaired) electrons. The Morgan fingerprint density at radius 1 is 1.19 bits per heavy atom. The van der Waals surface area contributed by atoms with Gasteiger partial charge in [0, 0.05) is 17.9 Å². The fourth-order valence-electron chi connectivity index (χ4n) is 2.97. The lowest BCUT2D eigenvalue weighted by molar-refractivity contribution is -0.385. The minimum absolute atomic E-state index is 0.125. The number of carbonyl (C=O) groups excluding carboxylic acids is 2. The SMILES string of the molecule is COc1ccccc1N(C(C)=O)c1nc(COC(=O)c2cccc(C)c2[N+](=O)[O-])cs1. The van der Waals surface area contributed by atoms with Crippen LogP contribution in [0.2, 0.25) is 0 Å². The molecule has 0 unspecified atom stereocenters. The smallest absolute Gasteiger partial charge is 0.345 e. The molecule has 10 heteroatoms. The first-order chi connectivity index (χ1) is 14.8. The molecule has 2 aromatic carbocycles. The summed E-state index contributed by atoms with van der Waals surface area (Å²) >= 11 is 1.20. The van der Waals surface area contributed by atoms with Gasteiger partial charge in [0.05, 0.1) is 23.4 Å². The van der Waals surface area contributed by atoms with Crippen LogP contribution in [-0.4, -0.2) is 28.9 Å². The molecule has 0 saturated heterocycles. The van der Waals surface area contributed by atoms with Crippen molar-refractivity contribution >= 4 is 39.7 Å². The minimum atomic E-state index is -0.821. The Labute approximate surface area is 182 Å². The van der Waals surface area contributed by atoms with E-state index in [-0.39, 0.29) is 23.8 Å². The van der Waals surface area contributed by atoms with Crippen LogP contribution in [0.1, 0.15) is 28.5 Å². The number of rotatable bonds is 7. The average molecular weight is 441 g/mol. The van der Waals surface area contributed by atoms with E-state index in [1.54, 1.807) is 48.7 Å². The van der Waals surface area contributed by atoms with Crippen LogP contribution in [0.5, 0.6) is 5.75 Å². The second-order valence-electron chi connectivity index (χ2n) is 6.45. The number of hydrogen-bond donors (Lipinski definition) is 0. The van der Waals surface area contributed by atoms with E-state index in [9.17, 15) is 19.7 Å². The number of anilines is 2. The lowest BCUT2D eigenvalue weighted by atomic mass is 10.1. The van der Waals surface area contributed by atoms with Crippen LogP contribution in [-0.2, 0) is 16.1 Å². The molecule has 0 spiro atoms. The third-order valence-electron chi connectivity index (χ3n) is 4.36. The Hall–Kier alpha value is -3.79. The fraction of sp³-hybridized carbons (Fsp3) is 0.190. The lowest BCUT2D eigenvalue weighted by Crippen LogP contribution is -2.23. The predicted octanol–water partition coefficient (Wildman–Crippen LogP) is 4.41. The zero-order valence-corrected chi connectivity index (χ0v) is 17.8. The number of para-hydroxylation sites is 3. The summed E-state index contributed by atoms with van der Waals surface area (Å²) in [6, 6.07) is 11.5. The Morgan fingerprint density at radius 2 is 1.94 bits per heavy atom. The number of thiazole rings is 1. The molecule has 0 aliphatic heterocycles. The van der Waals surface area contributed by atoms with Crippen LogP contribution < -0.4 is 9.64 Å². The first kappa shape index (κ1) is 21.9. The molecule has 9 nitrogen and oxygen atoms in total. The van der Waals surface area contributed by atoms with Crippen LogP contribution in [0.4, 0.5) is 16.5 Å². The van der Waals surface area contributed by atoms with E-state index in [0.717, 1.165) is 0 Å². The number of methoxy groups -OCH3 is 1. The molecule has 3 aromatic rings. The molecule has 0 aliphatic rings. The minimum Gasteiger partial charge on any atom is -0.495 e. The average Bonchev–Trinajstić information content (AvgIpc) is 3.20. The summed E-state index contributed by atoms with van der Waals surface area (Å²) in [4.78, 5) is 41.2. The molecule has 1 amide bonds. The number of carbonyl (C=O) groups is 2. The third kappa shape index (κ3) is 4.69. The van der Waals surface area contributed by atoms with Gasteiger partial charge in [-0.1, -0.05) is 24.3 Å². The van der Waals surface area contributed by atoms with E-state index < -0.39 is 10.9 Å². The molecule has 1 aromatic heterocycles. The summed E-state index contributed by atoms with van der Waals surface area (Å²) in [5.74, 6) is -0.580. The van der Waals surface area contributed by atoms with Gasteiger partial charge in [-0.15, -0.1) is 11.3 Å². The van der Waals surface area contributed by atoms with Crippen molar-refractivity contribution in [1.82, 2.24) is 4.98 Å². The summed E-state index contributed by atoms with van der Waals surface area (Å²) in [6.07, 6.45) is 0. The summed E-state index contributed by atoms with van der Waals surface area (Å²) in [5.41, 5.74) is 0.894. The Kier molecular flexibility index (Phi) is 6.61. The normalized spacial score (nSPS) is 10.4. The van der Waals surface area contributed by atoms with Gasteiger partial charge in [0.15, 0.2) is 5.13 Å². The topological polar surface area (TPSA) is 112 Å². The van der Waals surface area contributed by atoms with E-state index in [0.29, 0.717) is 27.8 Å². The first-order valence-corrected chi connectivity index (χ1v) is 10.0. The van der Waals surface area contributed by atoms with Gasteiger partial charge in [0.2, 0.25) is 5.91 Å². The number of ether oxygens (including phenoxy) is 2. The van der Waals surface area contributed by atoms with Gasteiger partial charge < -0.3 is 9.47 Å². The Morgan fingerprint density at radius 3 is 2.61 bits per heavy atom. The van der Waals surface area contributed by atoms with Crippen molar-refractivity contribution in [2.45, 2.75) is 20.5 Å². The summed E-state index contributed by atoms with van der Waals surface area (Å²) in [6.45, 7) is 2.76. The zero-order valence-electron chi connectivity index (χ0n) is 17.0. The third-order valence-corrected chi connectivity index (χ3v) is 5.24. The molecule has 0 N–H and O–H groups in total. The van der Waals surface area contributed by atoms with Crippen molar-refractivity contribution in [3.05, 3.63) is 74.8 Å². The molecule has 3 rings (SSSR count). The maximum Gasteiger partial charge on any atom is 0.345 e. The van der Waals surface area contributed by atoms with Crippen LogP contribution in [0.25, 0.3) is 0 Å². The van der Waals surface area contributed by atoms with Gasteiger partial charge in [0.1, 0.15) is 17.9 Å². The number of nitro benzene ring substituents is 1. The molecule has 0 aliphatic carbocycles. The van der Waals surface area contributed by atoms with Crippen molar-refractivity contribution in [2.24, 2.45) is 0 Å². The number of hydrogen-bond acceptors (Lipinski definition) is 8. The van der Waals surface area contributed by atoms with Gasteiger partial charge in [-0.05, 0) is 25.1 Å². The van der Waals surface area contributed by atoms with Gasteiger partial charge in [-0.3, -0.25) is 19.8 Å². The maximum atomic E-state index is 12.4. The highest BCUT2D eigenvalue weighted by Gasteiger charge is 2.25. The van der Waals surface area contributed by atoms with E-state index in [1.807, 2.05) is 0 Å². The number of esters is 1. The molecule has 31 heavy (non-hydrogen) atoms. The second kappa shape index (κ2) is 9.35. The molecule has 0 bridgehead atoms. The van der Waals surface area contributed by atoms with E-state index in [1.165, 1.54) is 36.3 Å². The number of nitro groups is 1. The van der Waals surface area contributed by atoms with Crippen molar-refractivity contribution in [3.8, 4) is 5.75 Å². The highest BCUT2D eigenvalue weighted by atomic mass is 32.1. The van der Waals surface area contributed by atoms with Gasteiger partial charge >= 0.3 is 5.97 Å². The van der Waals surface area contributed by atoms with E-state index in [2.05, 4.69) is 4.98 Å². The number of benzene rings is 2. The van der Waals surface area contributed by atoms with Crippen LogP contribution in [0.3, 0.4) is 0 Å². The summed E-state index contributed by atoms with van der Waals surface area (Å²) < 4.78 is 10.6. The van der Waals surface area contributed by atoms with Crippen LogP contribution >= 0.6 is 11.3 Å². The van der Waals surface area contributed by atoms with Gasteiger partial charge in [-0.2, -0.15) is 0 Å². The summed E-state index contributed by atoms with van der Waals surface area (Å²) in [7, 11) is 1.51. The molecule has 160 valence electrons. The van der Waals surface area contributed by atoms with Crippen molar-refractivity contribution in [1.29, 1.82) is 0 Å². The number of amides is 1. The quantitative estimate of drug-likeness (QED) is 0.303. The zero-order chi connectivity index (χ0) is 22.5. The van der Waals surface area contributed by atoms with E-state index in [4.69, 9.17) is 9.47 Å². The van der Waals surface area contributed by atoms with E-state index >= 15 is 0 Å². The number of aromatic nitrogens is 1. The van der Waals surface area contributed by atoms with Gasteiger partial charge in [0.25, 0.3) is 5.69 Å².